The number of benzene rings is 1. The van der Waals surface area contributed by atoms with Gasteiger partial charge in [0.15, 0.2) is 0 Å². The SMILES string of the molecule is Cn1nc(-c2ccccc2)cc1C(=O)NCc1cccnc1-c1cccnc1. The van der Waals surface area contributed by atoms with Crippen molar-refractivity contribution in [1.82, 2.24) is 25.1 Å². The average Bonchev–Trinajstić information content (AvgIpc) is 3.15. The number of aryl methyl sites for hydroxylation is 1. The van der Waals surface area contributed by atoms with Crippen LogP contribution in [-0.4, -0.2) is 25.7 Å². The zero-order valence-electron chi connectivity index (χ0n) is 15.4. The van der Waals surface area contributed by atoms with E-state index in [1.54, 1.807) is 36.4 Å². The molecular formula is C22H19N5O. The summed E-state index contributed by atoms with van der Waals surface area (Å²) in [4.78, 5) is 21.3. The van der Waals surface area contributed by atoms with Gasteiger partial charge in [0.05, 0.1) is 11.4 Å². The molecule has 0 bridgehead atoms. The van der Waals surface area contributed by atoms with Gasteiger partial charge >= 0.3 is 0 Å². The van der Waals surface area contributed by atoms with Crippen LogP contribution in [0.2, 0.25) is 0 Å². The molecule has 0 saturated heterocycles. The number of pyridine rings is 2. The van der Waals surface area contributed by atoms with E-state index in [1.165, 1.54) is 0 Å². The predicted molar refractivity (Wildman–Crippen MR) is 107 cm³/mol. The Hall–Kier alpha value is -3.80. The molecule has 28 heavy (non-hydrogen) atoms. The van der Waals surface area contributed by atoms with Gasteiger partial charge in [0, 0.05) is 43.3 Å². The first-order chi connectivity index (χ1) is 13.7. The molecule has 0 saturated carbocycles. The summed E-state index contributed by atoms with van der Waals surface area (Å²) in [6.45, 7) is 0.364. The van der Waals surface area contributed by atoms with Crippen molar-refractivity contribution in [2.24, 2.45) is 7.05 Å². The van der Waals surface area contributed by atoms with Crippen LogP contribution in [0, 0.1) is 0 Å². The second-order valence-electron chi connectivity index (χ2n) is 6.34. The number of rotatable bonds is 5. The van der Waals surface area contributed by atoms with E-state index >= 15 is 0 Å². The lowest BCUT2D eigenvalue weighted by molar-refractivity contribution is 0.0941. The fourth-order valence-corrected chi connectivity index (χ4v) is 3.04. The molecule has 4 aromatic rings. The van der Waals surface area contributed by atoms with Gasteiger partial charge in [-0.15, -0.1) is 0 Å². The summed E-state index contributed by atoms with van der Waals surface area (Å²) in [6.07, 6.45) is 5.22. The van der Waals surface area contributed by atoms with Crippen molar-refractivity contribution in [2.75, 3.05) is 0 Å². The third-order valence-electron chi connectivity index (χ3n) is 4.45. The van der Waals surface area contributed by atoms with Crippen molar-refractivity contribution in [1.29, 1.82) is 0 Å². The van der Waals surface area contributed by atoms with Crippen molar-refractivity contribution in [3.8, 4) is 22.5 Å². The van der Waals surface area contributed by atoms with E-state index in [9.17, 15) is 4.79 Å². The van der Waals surface area contributed by atoms with Crippen molar-refractivity contribution in [3.63, 3.8) is 0 Å². The Kier molecular flexibility index (Phi) is 4.93. The summed E-state index contributed by atoms with van der Waals surface area (Å²) >= 11 is 0. The summed E-state index contributed by atoms with van der Waals surface area (Å²) < 4.78 is 1.60. The standard InChI is InChI=1S/C22H19N5O/c1-27-20(13-19(26-27)16-7-3-2-4-8-16)22(28)25-15-18-10-6-12-24-21(18)17-9-5-11-23-14-17/h2-14H,15H2,1H3,(H,25,28). The Morgan fingerprint density at radius 1 is 1.00 bits per heavy atom. The van der Waals surface area contributed by atoms with Crippen LogP contribution in [0.15, 0.2) is 79.3 Å². The van der Waals surface area contributed by atoms with Gasteiger partial charge in [0.2, 0.25) is 0 Å². The van der Waals surface area contributed by atoms with Gasteiger partial charge in [-0.3, -0.25) is 19.4 Å². The summed E-state index contributed by atoms with van der Waals surface area (Å²) in [5, 5.41) is 7.43. The minimum absolute atomic E-state index is 0.182. The molecule has 0 radical (unpaired) electrons. The number of nitrogens with zero attached hydrogens (tertiary/aromatic N) is 4. The van der Waals surface area contributed by atoms with Crippen LogP contribution in [0.4, 0.5) is 0 Å². The Morgan fingerprint density at radius 3 is 2.57 bits per heavy atom. The molecule has 138 valence electrons. The minimum atomic E-state index is -0.182. The number of carbonyl (C=O) groups excluding carboxylic acids is 1. The Labute approximate surface area is 162 Å². The van der Waals surface area contributed by atoms with Crippen molar-refractivity contribution in [3.05, 3.63) is 90.5 Å². The molecule has 6 heteroatoms. The van der Waals surface area contributed by atoms with Gasteiger partial charge in [-0.25, -0.2) is 0 Å². The lowest BCUT2D eigenvalue weighted by Crippen LogP contribution is -2.25. The number of amides is 1. The van der Waals surface area contributed by atoms with E-state index in [4.69, 9.17) is 0 Å². The fraction of sp³-hybridized carbons (Fsp3) is 0.0909. The highest BCUT2D eigenvalue weighted by molar-refractivity contribution is 5.93. The third kappa shape index (κ3) is 3.66. The molecule has 0 aliphatic rings. The molecule has 6 nitrogen and oxygen atoms in total. The van der Waals surface area contributed by atoms with Gasteiger partial charge in [0.25, 0.3) is 5.91 Å². The molecule has 1 aromatic carbocycles. The highest BCUT2D eigenvalue weighted by Crippen LogP contribution is 2.21. The van der Waals surface area contributed by atoms with E-state index in [-0.39, 0.29) is 5.91 Å². The quantitative estimate of drug-likeness (QED) is 0.585. The monoisotopic (exact) mass is 369 g/mol. The number of aromatic nitrogens is 4. The molecule has 0 spiro atoms. The Morgan fingerprint density at radius 2 is 1.79 bits per heavy atom. The summed E-state index contributed by atoms with van der Waals surface area (Å²) in [7, 11) is 1.77. The summed E-state index contributed by atoms with van der Waals surface area (Å²) in [5.74, 6) is -0.182. The third-order valence-corrected chi connectivity index (χ3v) is 4.45. The Balaban J connectivity index is 1.53. The summed E-state index contributed by atoms with van der Waals surface area (Å²) in [5.41, 5.74) is 4.90. The second-order valence-corrected chi connectivity index (χ2v) is 6.34. The number of nitrogens with one attached hydrogen (secondary N) is 1. The highest BCUT2D eigenvalue weighted by atomic mass is 16.2. The molecule has 1 amide bonds. The minimum Gasteiger partial charge on any atom is -0.347 e. The van der Waals surface area contributed by atoms with Crippen LogP contribution in [0.25, 0.3) is 22.5 Å². The van der Waals surface area contributed by atoms with Gasteiger partial charge in [-0.2, -0.15) is 5.10 Å². The van der Waals surface area contributed by atoms with Crippen molar-refractivity contribution >= 4 is 5.91 Å². The maximum atomic E-state index is 12.7. The van der Waals surface area contributed by atoms with E-state index in [2.05, 4.69) is 20.4 Å². The van der Waals surface area contributed by atoms with Crippen LogP contribution in [0.5, 0.6) is 0 Å². The molecule has 0 unspecified atom stereocenters. The normalized spacial score (nSPS) is 10.6. The second kappa shape index (κ2) is 7.84. The van der Waals surface area contributed by atoms with E-state index in [0.717, 1.165) is 28.1 Å². The molecule has 0 atom stereocenters. The largest absolute Gasteiger partial charge is 0.347 e. The number of carbonyl (C=O) groups is 1. The zero-order valence-corrected chi connectivity index (χ0v) is 15.4. The average molecular weight is 369 g/mol. The first-order valence-electron chi connectivity index (χ1n) is 8.94. The van der Waals surface area contributed by atoms with Gasteiger partial charge in [0.1, 0.15) is 5.69 Å². The molecule has 0 fully saturated rings. The predicted octanol–water partition coefficient (Wildman–Crippen LogP) is 3.47. The highest BCUT2D eigenvalue weighted by Gasteiger charge is 2.15. The molecule has 3 aromatic heterocycles. The van der Waals surface area contributed by atoms with E-state index in [1.807, 2.05) is 54.6 Å². The molecule has 1 N–H and O–H groups in total. The van der Waals surface area contributed by atoms with E-state index in [0.29, 0.717) is 12.2 Å². The topological polar surface area (TPSA) is 72.7 Å². The van der Waals surface area contributed by atoms with Crippen LogP contribution < -0.4 is 5.32 Å². The first-order valence-corrected chi connectivity index (χ1v) is 8.94. The van der Waals surface area contributed by atoms with Crippen LogP contribution in [0.3, 0.4) is 0 Å². The molecule has 0 aliphatic heterocycles. The van der Waals surface area contributed by atoms with Gasteiger partial charge < -0.3 is 5.32 Å². The van der Waals surface area contributed by atoms with Gasteiger partial charge in [-0.05, 0) is 29.8 Å². The first kappa shape index (κ1) is 17.6. The molecule has 0 aliphatic carbocycles. The maximum absolute atomic E-state index is 12.7. The van der Waals surface area contributed by atoms with Crippen molar-refractivity contribution < 1.29 is 4.79 Å². The van der Waals surface area contributed by atoms with Gasteiger partial charge in [-0.1, -0.05) is 36.4 Å². The van der Waals surface area contributed by atoms with Crippen LogP contribution >= 0.6 is 0 Å². The molecule has 4 rings (SSSR count). The summed E-state index contributed by atoms with van der Waals surface area (Å²) in [6, 6.07) is 19.2. The lowest BCUT2D eigenvalue weighted by Gasteiger charge is -2.09. The smallest absolute Gasteiger partial charge is 0.269 e. The number of hydrogen-bond donors (Lipinski definition) is 1. The van der Waals surface area contributed by atoms with E-state index < -0.39 is 0 Å². The lowest BCUT2D eigenvalue weighted by atomic mass is 10.1. The molecular weight excluding hydrogens is 350 g/mol. The fourth-order valence-electron chi connectivity index (χ4n) is 3.04. The Bertz CT molecular complexity index is 1090. The molecule has 3 heterocycles. The van der Waals surface area contributed by atoms with Crippen LogP contribution in [-0.2, 0) is 13.6 Å². The number of hydrogen-bond acceptors (Lipinski definition) is 4. The van der Waals surface area contributed by atoms with Crippen molar-refractivity contribution in [2.45, 2.75) is 6.54 Å². The van der Waals surface area contributed by atoms with Crippen LogP contribution in [0.1, 0.15) is 16.1 Å². The zero-order chi connectivity index (χ0) is 19.3. The maximum Gasteiger partial charge on any atom is 0.269 e.